The molecule has 0 spiro atoms. The topological polar surface area (TPSA) is 85.3 Å². The number of nitrogens with two attached hydrogens (primary N) is 1. The summed E-state index contributed by atoms with van der Waals surface area (Å²) in [6, 6.07) is 17.8. The molecule has 146 valence electrons. The monoisotopic (exact) mass is 386 g/mol. The van der Waals surface area contributed by atoms with Crippen LogP contribution in [0.5, 0.6) is 5.75 Å². The Bertz CT molecular complexity index is 1040. The number of hydrogen-bond donors (Lipinski definition) is 1. The predicted octanol–water partition coefficient (Wildman–Crippen LogP) is 4.39. The number of hydrogen-bond acceptors (Lipinski definition) is 5. The van der Waals surface area contributed by atoms with Crippen LogP contribution >= 0.6 is 0 Å². The zero-order valence-electron chi connectivity index (χ0n) is 16.3. The number of nitriles is 1. The van der Waals surface area contributed by atoms with Crippen LogP contribution in [0.1, 0.15) is 41.9 Å². The van der Waals surface area contributed by atoms with Gasteiger partial charge in [0.15, 0.2) is 5.78 Å². The van der Waals surface area contributed by atoms with Gasteiger partial charge >= 0.3 is 0 Å². The van der Waals surface area contributed by atoms with Crippen molar-refractivity contribution in [2.75, 3.05) is 0 Å². The summed E-state index contributed by atoms with van der Waals surface area (Å²) in [5.41, 5.74) is 9.97. The SMILES string of the molecule is Cc1ccc(COc2ccc([C@H]3C(C#N)=C(N)OC4=C3C(=O)CCC4)cc2)cc1. The summed E-state index contributed by atoms with van der Waals surface area (Å²) in [5, 5.41) is 9.63. The molecule has 0 saturated heterocycles. The molecule has 0 fully saturated rings. The Morgan fingerprint density at radius 1 is 1.14 bits per heavy atom. The lowest BCUT2D eigenvalue weighted by molar-refractivity contribution is -0.116. The van der Waals surface area contributed by atoms with Gasteiger partial charge in [-0.3, -0.25) is 4.79 Å². The first-order valence-corrected chi connectivity index (χ1v) is 9.69. The van der Waals surface area contributed by atoms with E-state index in [4.69, 9.17) is 15.2 Å². The van der Waals surface area contributed by atoms with Gasteiger partial charge in [-0.1, -0.05) is 42.0 Å². The van der Waals surface area contributed by atoms with Gasteiger partial charge in [0.05, 0.1) is 5.92 Å². The second-order valence-electron chi connectivity index (χ2n) is 7.38. The molecule has 2 N–H and O–H groups in total. The van der Waals surface area contributed by atoms with E-state index < -0.39 is 5.92 Å². The van der Waals surface area contributed by atoms with Crippen LogP contribution in [-0.4, -0.2) is 5.78 Å². The quantitative estimate of drug-likeness (QED) is 0.842. The number of carbonyl (C=O) groups is 1. The van der Waals surface area contributed by atoms with Gasteiger partial charge in [0, 0.05) is 18.4 Å². The van der Waals surface area contributed by atoms with Crippen molar-refractivity contribution in [2.45, 2.75) is 38.7 Å². The van der Waals surface area contributed by atoms with Gasteiger partial charge in [0.1, 0.15) is 29.8 Å². The number of ether oxygens (including phenoxy) is 2. The van der Waals surface area contributed by atoms with E-state index in [-0.39, 0.29) is 17.2 Å². The van der Waals surface area contributed by atoms with Gasteiger partial charge in [-0.15, -0.1) is 0 Å². The number of aryl methyl sites for hydroxylation is 1. The van der Waals surface area contributed by atoms with Crippen LogP contribution in [0.15, 0.2) is 71.3 Å². The van der Waals surface area contributed by atoms with Crippen molar-refractivity contribution in [3.63, 3.8) is 0 Å². The highest BCUT2D eigenvalue weighted by Gasteiger charge is 2.37. The van der Waals surface area contributed by atoms with Crippen molar-refractivity contribution in [1.82, 2.24) is 0 Å². The highest BCUT2D eigenvalue weighted by atomic mass is 16.5. The molecule has 0 aromatic heterocycles. The van der Waals surface area contributed by atoms with E-state index in [0.29, 0.717) is 30.8 Å². The Labute approximate surface area is 170 Å². The summed E-state index contributed by atoms with van der Waals surface area (Å²) in [4.78, 5) is 12.6. The zero-order chi connectivity index (χ0) is 20.4. The predicted molar refractivity (Wildman–Crippen MR) is 108 cm³/mol. The number of Topliss-reactive ketones (excluding diaryl/α,β-unsaturated/α-hetero) is 1. The average molecular weight is 386 g/mol. The summed E-state index contributed by atoms with van der Waals surface area (Å²) >= 11 is 0. The average Bonchev–Trinajstić information content (AvgIpc) is 2.73. The van der Waals surface area contributed by atoms with Crippen molar-refractivity contribution in [3.05, 3.63) is 88.0 Å². The molecule has 2 aromatic rings. The van der Waals surface area contributed by atoms with Crippen molar-refractivity contribution in [3.8, 4) is 11.8 Å². The molecule has 1 aliphatic heterocycles. The highest BCUT2D eigenvalue weighted by Crippen LogP contribution is 2.43. The van der Waals surface area contributed by atoms with Crippen LogP contribution in [-0.2, 0) is 16.1 Å². The summed E-state index contributed by atoms with van der Waals surface area (Å²) in [6.07, 6.45) is 1.87. The molecule has 0 amide bonds. The molecular formula is C24H22N2O3. The lowest BCUT2D eigenvalue weighted by Gasteiger charge is -2.31. The summed E-state index contributed by atoms with van der Waals surface area (Å²) < 4.78 is 11.5. The van der Waals surface area contributed by atoms with E-state index in [1.165, 1.54) is 5.56 Å². The minimum Gasteiger partial charge on any atom is -0.489 e. The smallest absolute Gasteiger partial charge is 0.205 e. The van der Waals surface area contributed by atoms with Crippen LogP contribution in [0.2, 0.25) is 0 Å². The van der Waals surface area contributed by atoms with Crippen molar-refractivity contribution < 1.29 is 14.3 Å². The van der Waals surface area contributed by atoms with E-state index in [0.717, 1.165) is 23.3 Å². The van der Waals surface area contributed by atoms with Gasteiger partial charge < -0.3 is 15.2 Å². The molecule has 29 heavy (non-hydrogen) atoms. The minimum atomic E-state index is -0.484. The third-order valence-electron chi connectivity index (χ3n) is 5.34. The maximum atomic E-state index is 12.6. The van der Waals surface area contributed by atoms with Gasteiger partial charge in [-0.2, -0.15) is 5.26 Å². The fourth-order valence-corrected chi connectivity index (χ4v) is 3.80. The summed E-state index contributed by atoms with van der Waals surface area (Å²) in [7, 11) is 0. The first-order chi connectivity index (χ1) is 14.1. The van der Waals surface area contributed by atoms with E-state index >= 15 is 0 Å². The number of nitrogens with zero attached hydrogens (tertiary/aromatic N) is 1. The number of allylic oxidation sites excluding steroid dienone is 3. The van der Waals surface area contributed by atoms with Gasteiger partial charge in [0.25, 0.3) is 0 Å². The Morgan fingerprint density at radius 2 is 1.86 bits per heavy atom. The van der Waals surface area contributed by atoms with Crippen LogP contribution in [0.3, 0.4) is 0 Å². The molecule has 1 heterocycles. The second-order valence-corrected chi connectivity index (χ2v) is 7.38. The number of carbonyl (C=O) groups excluding carboxylic acids is 1. The lowest BCUT2D eigenvalue weighted by Crippen LogP contribution is -2.27. The maximum absolute atomic E-state index is 12.6. The lowest BCUT2D eigenvalue weighted by atomic mass is 9.77. The molecule has 0 unspecified atom stereocenters. The Kier molecular flexibility index (Phi) is 5.09. The maximum Gasteiger partial charge on any atom is 0.205 e. The number of rotatable bonds is 4. The summed E-state index contributed by atoms with van der Waals surface area (Å²) in [5.74, 6) is 0.952. The molecule has 0 bridgehead atoms. The Balaban J connectivity index is 1.58. The van der Waals surface area contributed by atoms with Crippen LogP contribution in [0.25, 0.3) is 0 Å². The molecule has 1 atom stereocenters. The van der Waals surface area contributed by atoms with E-state index in [2.05, 4.69) is 18.2 Å². The molecule has 2 aliphatic rings. The molecule has 0 radical (unpaired) electrons. The molecule has 5 heteroatoms. The molecule has 5 nitrogen and oxygen atoms in total. The first-order valence-electron chi connectivity index (χ1n) is 9.69. The van der Waals surface area contributed by atoms with Crippen LogP contribution < -0.4 is 10.5 Å². The number of ketones is 1. The van der Waals surface area contributed by atoms with Crippen LogP contribution in [0.4, 0.5) is 0 Å². The Hall–Kier alpha value is -3.52. The third-order valence-corrected chi connectivity index (χ3v) is 5.34. The third kappa shape index (κ3) is 3.74. The standard InChI is InChI=1S/C24H22N2O3/c1-15-5-7-16(8-6-15)14-28-18-11-9-17(10-12-18)22-19(13-25)24(26)29-21-4-2-3-20(27)23(21)22/h5-12,22H,2-4,14,26H2,1H3/t22-/m0/s1. The fraction of sp³-hybridized carbons (Fsp3) is 0.250. The van der Waals surface area contributed by atoms with Crippen molar-refractivity contribution in [2.24, 2.45) is 5.73 Å². The first kappa shape index (κ1) is 18.8. The Morgan fingerprint density at radius 3 is 2.55 bits per heavy atom. The van der Waals surface area contributed by atoms with E-state index in [1.54, 1.807) is 0 Å². The normalized spacial score (nSPS) is 18.8. The van der Waals surface area contributed by atoms with Crippen molar-refractivity contribution >= 4 is 5.78 Å². The molecule has 0 saturated carbocycles. The number of benzene rings is 2. The fourth-order valence-electron chi connectivity index (χ4n) is 3.80. The zero-order valence-corrected chi connectivity index (χ0v) is 16.3. The molecule has 4 rings (SSSR count). The molecule has 2 aromatic carbocycles. The summed E-state index contributed by atoms with van der Waals surface area (Å²) in [6.45, 7) is 2.52. The largest absolute Gasteiger partial charge is 0.489 e. The van der Waals surface area contributed by atoms with Gasteiger partial charge in [-0.25, -0.2) is 0 Å². The molecule has 1 aliphatic carbocycles. The second kappa shape index (κ2) is 7.84. The minimum absolute atomic E-state index is 0.0243. The van der Waals surface area contributed by atoms with E-state index in [9.17, 15) is 10.1 Å². The van der Waals surface area contributed by atoms with Crippen molar-refractivity contribution in [1.29, 1.82) is 5.26 Å². The molecular weight excluding hydrogens is 364 g/mol. The highest BCUT2D eigenvalue weighted by molar-refractivity contribution is 5.99. The van der Waals surface area contributed by atoms with Gasteiger partial charge in [0.2, 0.25) is 5.88 Å². The van der Waals surface area contributed by atoms with E-state index in [1.807, 2.05) is 43.3 Å². The van der Waals surface area contributed by atoms with Gasteiger partial charge in [-0.05, 0) is 36.6 Å². The van der Waals surface area contributed by atoms with Crippen LogP contribution in [0, 0.1) is 18.3 Å².